The highest BCUT2D eigenvalue weighted by molar-refractivity contribution is 5.85. The Bertz CT molecular complexity index is 2200. The van der Waals surface area contributed by atoms with Gasteiger partial charge in [-0.3, -0.25) is 10.1 Å². The molecule has 1 unspecified atom stereocenters. The van der Waals surface area contributed by atoms with E-state index in [2.05, 4.69) is 25.9 Å². The number of benzene rings is 4. The summed E-state index contributed by atoms with van der Waals surface area (Å²) in [7, 11) is 2.87. The summed E-state index contributed by atoms with van der Waals surface area (Å²) in [5.41, 5.74) is 3.28. The molecule has 1 aliphatic heterocycles. The second-order valence-electron chi connectivity index (χ2n) is 12.7. The number of fused-ring (bicyclic) bond motifs is 1. The number of carboxylic acid groups (broad SMARTS) is 1. The van der Waals surface area contributed by atoms with E-state index in [1.165, 1.54) is 26.6 Å². The summed E-state index contributed by atoms with van der Waals surface area (Å²) in [4.78, 5) is 57.1. The van der Waals surface area contributed by atoms with Crippen molar-refractivity contribution < 1.29 is 47.9 Å². The first kappa shape index (κ1) is 39.1. The number of hydrogen-bond donors (Lipinski definition) is 5. The normalized spacial score (nSPS) is 15.8. The summed E-state index contributed by atoms with van der Waals surface area (Å²) < 4.78 is 33.4. The van der Waals surface area contributed by atoms with Crippen molar-refractivity contribution >= 4 is 40.4 Å². The third kappa shape index (κ3) is 9.90. The minimum absolute atomic E-state index is 0.0795. The molecule has 5 N–H and O–H groups in total. The van der Waals surface area contributed by atoms with Crippen molar-refractivity contribution in [3.63, 3.8) is 0 Å². The van der Waals surface area contributed by atoms with Gasteiger partial charge in [0.15, 0.2) is 18.6 Å². The lowest BCUT2D eigenvalue weighted by Gasteiger charge is -2.36. The molecule has 0 spiro atoms. The average molecular weight is 768 g/mol. The number of alkyl carbamates (subject to hydrolysis) is 1. The summed E-state index contributed by atoms with van der Waals surface area (Å²) in [6.45, 7) is 1.79. The van der Waals surface area contributed by atoms with Gasteiger partial charge in [0, 0.05) is 29.8 Å². The van der Waals surface area contributed by atoms with Crippen LogP contribution in [0.4, 0.5) is 21.0 Å². The predicted molar refractivity (Wildman–Crippen MR) is 204 cm³/mol. The third-order valence-corrected chi connectivity index (χ3v) is 8.90. The number of carbonyl (C=O) groups is 3. The SMILES string of the molecule is COc1cc(C(Nc2ccc3nc[nH]c(=O)c3c2)C(=O)O)cc(OC)c1CCOC(=O)Nc1cccc([C@@H](CC2OC(C)O2)NC(=O)OCc2ccccc2)c1. The van der Waals surface area contributed by atoms with Crippen LogP contribution in [0.2, 0.25) is 0 Å². The number of aromatic nitrogens is 2. The fourth-order valence-corrected chi connectivity index (χ4v) is 6.19. The van der Waals surface area contributed by atoms with Gasteiger partial charge in [-0.15, -0.1) is 0 Å². The first-order valence-corrected chi connectivity index (χ1v) is 17.6. The lowest BCUT2D eigenvalue weighted by atomic mass is 10.0. The first-order valence-electron chi connectivity index (χ1n) is 17.6. The Morgan fingerprint density at radius 3 is 2.32 bits per heavy atom. The van der Waals surface area contributed by atoms with Crippen molar-refractivity contribution in [2.45, 2.75) is 51.0 Å². The van der Waals surface area contributed by atoms with Gasteiger partial charge in [-0.2, -0.15) is 0 Å². The number of carboxylic acids is 1. The number of rotatable bonds is 16. The number of H-pyrrole nitrogens is 1. The minimum atomic E-state index is -1.25. The molecule has 292 valence electrons. The first-order chi connectivity index (χ1) is 27.1. The number of nitrogens with zero attached hydrogens (tertiary/aromatic N) is 1. The molecule has 56 heavy (non-hydrogen) atoms. The largest absolute Gasteiger partial charge is 0.496 e. The van der Waals surface area contributed by atoms with E-state index < -0.39 is 36.5 Å². The molecule has 1 fully saturated rings. The number of nitrogens with one attached hydrogen (secondary N) is 4. The standard InChI is InChI=1S/C40H41N5O11/c1-23-55-35(56-23)20-32(45-40(50)54-21-24-8-5-4-6-9-24)25-10-7-11-27(16-25)44-39(49)53-15-14-29-33(51-2)17-26(18-34(29)52-3)36(38(47)48)43-28-12-13-31-30(19-28)37(46)42-22-41-31/h4-13,16-19,22-23,32,35-36,43H,14-15,20-21H2,1-3H3,(H,44,49)(H,45,50)(H,47,48)(H,41,42,46)/t23?,32-,35?,36?/m1/s1. The molecule has 2 amide bonds. The van der Waals surface area contributed by atoms with Gasteiger partial charge in [-0.25, -0.2) is 19.4 Å². The molecular formula is C40H41N5O11. The van der Waals surface area contributed by atoms with Crippen LogP contribution < -0.4 is 31.0 Å². The van der Waals surface area contributed by atoms with Crippen LogP contribution in [-0.4, -0.2) is 66.6 Å². The smallest absolute Gasteiger partial charge is 0.411 e. The lowest BCUT2D eigenvalue weighted by Crippen LogP contribution is -2.42. The third-order valence-electron chi connectivity index (χ3n) is 8.90. The van der Waals surface area contributed by atoms with Crippen molar-refractivity contribution in [1.82, 2.24) is 15.3 Å². The number of anilines is 2. The van der Waals surface area contributed by atoms with E-state index in [-0.39, 0.29) is 31.5 Å². The van der Waals surface area contributed by atoms with Crippen molar-refractivity contribution in [1.29, 1.82) is 0 Å². The van der Waals surface area contributed by atoms with Crippen molar-refractivity contribution in [2.75, 3.05) is 31.5 Å². The van der Waals surface area contributed by atoms with Gasteiger partial charge in [0.05, 0.1) is 44.1 Å². The van der Waals surface area contributed by atoms with Crippen molar-refractivity contribution in [3.05, 3.63) is 124 Å². The van der Waals surface area contributed by atoms with Crippen LogP contribution in [0.1, 0.15) is 47.7 Å². The number of carbonyl (C=O) groups excluding carboxylic acids is 2. The molecule has 0 bridgehead atoms. The van der Waals surface area contributed by atoms with E-state index in [1.807, 2.05) is 30.3 Å². The highest BCUT2D eigenvalue weighted by Gasteiger charge is 2.31. The molecule has 16 nitrogen and oxygen atoms in total. The lowest BCUT2D eigenvalue weighted by molar-refractivity contribution is -0.378. The van der Waals surface area contributed by atoms with Crippen molar-refractivity contribution in [2.24, 2.45) is 0 Å². The molecule has 16 heteroatoms. The van der Waals surface area contributed by atoms with Crippen LogP contribution in [0.5, 0.6) is 11.5 Å². The van der Waals surface area contributed by atoms with E-state index in [0.717, 1.165) is 5.56 Å². The highest BCUT2D eigenvalue weighted by Crippen LogP contribution is 2.35. The number of methoxy groups -OCH3 is 2. The van der Waals surface area contributed by atoms with E-state index in [1.54, 1.807) is 55.5 Å². The molecule has 4 aromatic carbocycles. The van der Waals surface area contributed by atoms with E-state index >= 15 is 0 Å². The summed E-state index contributed by atoms with van der Waals surface area (Å²) in [5, 5.41) is 19.0. The van der Waals surface area contributed by atoms with E-state index in [4.69, 9.17) is 28.4 Å². The van der Waals surface area contributed by atoms with Crippen LogP contribution in [0.3, 0.4) is 0 Å². The maximum atomic E-state index is 12.9. The average Bonchev–Trinajstić information content (AvgIpc) is 3.18. The molecule has 0 saturated carbocycles. The Kier molecular flexibility index (Phi) is 12.6. The number of ether oxygens (including phenoxy) is 6. The van der Waals surface area contributed by atoms with Crippen LogP contribution >= 0.6 is 0 Å². The van der Waals surface area contributed by atoms with Gasteiger partial charge in [-0.1, -0.05) is 42.5 Å². The molecular weight excluding hydrogens is 726 g/mol. The quantitative estimate of drug-likeness (QED) is 0.0776. The van der Waals surface area contributed by atoms with Gasteiger partial charge in [0.2, 0.25) is 0 Å². The second kappa shape index (κ2) is 18.1. The van der Waals surface area contributed by atoms with Crippen LogP contribution in [0.25, 0.3) is 10.9 Å². The van der Waals surface area contributed by atoms with E-state index in [9.17, 15) is 24.3 Å². The summed E-state index contributed by atoms with van der Waals surface area (Å²) >= 11 is 0. The zero-order valence-electron chi connectivity index (χ0n) is 30.8. The zero-order chi connectivity index (χ0) is 39.6. The molecule has 0 radical (unpaired) electrons. The van der Waals surface area contributed by atoms with Gasteiger partial charge < -0.3 is 49.1 Å². The van der Waals surface area contributed by atoms with Gasteiger partial charge in [-0.05, 0) is 66.1 Å². The number of hydrogen-bond acceptors (Lipinski definition) is 12. The summed E-state index contributed by atoms with van der Waals surface area (Å²) in [6.07, 6.45) is -0.480. The van der Waals surface area contributed by atoms with Crippen LogP contribution in [0, 0.1) is 0 Å². The fraction of sp³-hybridized carbons (Fsp3) is 0.275. The zero-order valence-corrected chi connectivity index (χ0v) is 30.8. The number of amides is 2. The Morgan fingerprint density at radius 2 is 1.62 bits per heavy atom. The molecule has 1 aliphatic rings. The minimum Gasteiger partial charge on any atom is -0.496 e. The molecule has 1 aromatic heterocycles. The number of aliphatic carboxylic acids is 1. The fourth-order valence-electron chi connectivity index (χ4n) is 6.19. The van der Waals surface area contributed by atoms with Crippen molar-refractivity contribution in [3.8, 4) is 11.5 Å². The maximum absolute atomic E-state index is 12.9. The van der Waals surface area contributed by atoms with Gasteiger partial charge >= 0.3 is 18.2 Å². The Balaban J connectivity index is 1.09. The molecule has 2 atom stereocenters. The van der Waals surface area contributed by atoms with Crippen LogP contribution in [0.15, 0.2) is 96.1 Å². The Morgan fingerprint density at radius 1 is 0.875 bits per heavy atom. The maximum Gasteiger partial charge on any atom is 0.411 e. The summed E-state index contributed by atoms with van der Waals surface area (Å²) in [6, 6.07) is 22.3. The Hall–Kier alpha value is -6.65. The molecule has 2 heterocycles. The number of aromatic amines is 1. The second-order valence-corrected chi connectivity index (χ2v) is 12.7. The summed E-state index contributed by atoms with van der Waals surface area (Å²) in [5.74, 6) is -0.550. The van der Waals surface area contributed by atoms with Gasteiger partial charge in [0.1, 0.15) is 18.1 Å². The molecule has 0 aliphatic carbocycles. The van der Waals surface area contributed by atoms with E-state index in [0.29, 0.717) is 56.9 Å². The topological polar surface area (TPSA) is 209 Å². The van der Waals surface area contributed by atoms with Gasteiger partial charge in [0.25, 0.3) is 5.56 Å². The molecule has 1 saturated heterocycles. The Labute approximate surface area is 321 Å². The highest BCUT2D eigenvalue weighted by atomic mass is 16.9. The predicted octanol–water partition coefficient (Wildman–Crippen LogP) is 6.05. The monoisotopic (exact) mass is 767 g/mol. The van der Waals surface area contributed by atoms with Crippen LogP contribution in [-0.2, 0) is 36.8 Å². The molecule has 6 rings (SSSR count). The molecule has 5 aromatic rings.